The van der Waals surface area contributed by atoms with E-state index in [1.165, 1.54) is 19.3 Å². The van der Waals surface area contributed by atoms with Crippen LogP contribution in [0.1, 0.15) is 33.1 Å². The molecular formula is C12H23N3S. The number of nitrogens with zero attached hydrogens (tertiary/aromatic N) is 2. The average molecular weight is 241 g/mol. The molecule has 1 aliphatic carbocycles. The van der Waals surface area contributed by atoms with Crippen molar-refractivity contribution in [3.05, 3.63) is 0 Å². The van der Waals surface area contributed by atoms with E-state index in [1.54, 1.807) is 0 Å². The predicted octanol–water partition coefficient (Wildman–Crippen LogP) is 1.44. The zero-order valence-electron chi connectivity index (χ0n) is 10.4. The molecule has 0 spiro atoms. The van der Waals surface area contributed by atoms with Gasteiger partial charge in [0.1, 0.15) is 0 Å². The third kappa shape index (κ3) is 3.08. The maximum atomic E-state index is 5.42. The van der Waals surface area contributed by atoms with Gasteiger partial charge in [0.05, 0.1) is 0 Å². The average Bonchev–Trinajstić information content (AvgIpc) is 3.12. The Labute approximate surface area is 104 Å². The van der Waals surface area contributed by atoms with E-state index in [-0.39, 0.29) is 0 Å². The van der Waals surface area contributed by atoms with Crippen LogP contribution in [-0.4, -0.2) is 53.2 Å². The molecule has 0 aromatic heterocycles. The molecule has 3 nitrogen and oxygen atoms in total. The van der Waals surface area contributed by atoms with Crippen molar-refractivity contribution in [2.45, 2.75) is 45.2 Å². The topological polar surface area (TPSA) is 18.5 Å². The number of hydrogen-bond donors (Lipinski definition) is 1. The van der Waals surface area contributed by atoms with Crippen molar-refractivity contribution in [1.82, 2.24) is 15.1 Å². The van der Waals surface area contributed by atoms with Crippen LogP contribution in [0.3, 0.4) is 0 Å². The van der Waals surface area contributed by atoms with Gasteiger partial charge in [0, 0.05) is 38.3 Å². The quantitative estimate of drug-likeness (QED) is 0.753. The standard InChI is InChI=1S/C12H23N3S/c1-3-10(2)14-6-8-15(9-7-14)12(16)13-11-4-5-11/h10-11H,3-9H2,1-2H3,(H,13,16). The number of rotatable bonds is 3. The summed E-state index contributed by atoms with van der Waals surface area (Å²) >= 11 is 5.42. The molecule has 0 amide bonds. The Morgan fingerprint density at radius 1 is 1.31 bits per heavy atom. The molecule has 1 saturated carbocycles. The Morgan fingerprint density at radius 2 is 1.94 bits per heavy atom. The molecule has 1 unspecified atom stereocenters. The summed E-state index contributed by atoms with van der Waals surface area (Å²) in [6, 6.07) is 1.40. The number of nitrogens with one attached hydrogen (secondary N) is 1. The summed E-state index contributed by atoms with van der Waals surface area (Å²) in [5.41, 5.74) is 0. The van der Waals surface area contributed by atoms with Crippen LogP contribution < -0.4 is 5.32 Å². The van der Waals surface area contributed by atoms with Crippen LogP contribution in [0.2, 0.25) is 0 Å². The van der Waals surface area contributed by atoms with Crippen LogP contribution in [0.4, 0.5) is 0 Å². The van der Waals surface area contributed by atoms with E-state index in [4.69, 9.17) is 12.2 Å². The van der Waals surface area contributed by atoms with Gasteiger partial charge >= 0.3 is 0 Å². The van der Waals surface area contributed by atoms with E-state index in [2.05, 4.69) is 29.0 Å². The second-order valence-corrected chi connectivity index (χ2v) is 5.39. The van der Waals surface area contributed by atoms with Gasteiger partial charge in [-0.3, -0.25) is 4.90 Å². The fourth-order valence-corrected chi connectivity index (χ4v) is 2.47. The second-order valence-electron chi connectivity index (χ2n) is 5.00. The van der Waals surface area contributed by atoms with E-state index in [0.717, 1.165) is 31.3 Å². The summed E-state index contributed by atoms with van der Waals surface area (Å²) in [5.74, 6) is 0. The van der Waals surface area contributed by atoms with Crippen molar-refractivity contribution in [2.75, 3.05) is 26.2 Å². The smallest absolute Gasteiger partial charge is 0.169 e. The second kappa shape index (κ2) is 5.32. The first-order chi connectivity index (χ1) is 7.70. The molecular weight excluding hydrogens is 218 g/mol. The van der Waals surface area contributed by atoms with Crippen LogP contribution in [0.25, 0.3) is 0 Å². The number of hydrogen-bond acceptors (Lipinski definition) is 2. The summed E-state index contributed by atoms with van der Waals surface area (Å²) in [5, 5.41) is 4.40. The van der Waals surface area contributed by atoms with Crippen molar-refractivity contribution in [2.24, 2.45) is 0 Å². The minimum absolute atomic E-state index is 0.681. The molecule has 1 N–H and O–H groups in total. The molecule has 2 fully saturated rings. The monoisotopic (exact) mass is 241 g/mol. The lowest BCUT2D eigenvalue weighted by atomic mass is 10.2. The summed E-state index contributed by atoms with van der Waals surface area (Å²) in [4.78, 5) is 4.89. The maximum Gasteiger partial charge on any atom is 0.169 e. The normalized spacial score (nSPS) is 24.2. The summed E-state index contributed by atoms with van der Waals surface area (Å²) in [6.45, 7) is 9.06. The molecule has 1 saturated heterocycles. The Bertz CT molecular complexity index is 245. The molecule has 0 bridgehead atoms. The lowest BCUT2D eigenvalue weighted by Crippen LogP contribution is -2.53. The SMILES string of the molecule is CCC(C)N1CCN(C(=S)NC2CC2)CC1. The number of thiocarbonyl (C=S) groups is 1. The van der Waals surface area contributed by atoms with E-state index in [1.807, 2.05) is 0 Å². The van der Waals surface area contributed by atoms with E-state index in [9.17, 15) is 0 Å². The van der Waals surface area contributed by atoms with Gasteiger partial charge in [-0.05, 0) is 38.4 Å². The first kappa shape index (κ1) is 12.1. The fourth-order valence-electron chi connectivity index (χ4n) is 2.12. The van der Waals surface area contributed by atoms with Crippen molar-refractivity contribution < 1.29 is 0 Å². The van der Waals surface area contributed by atoms with Gasteiger partial charge in [-0.1, -0.05) is 6.92 Å². The van der Waals surface area contributed by atoms with Gasteiger partial charge in [0.15, 0.2) is 5.11 Å². The number of piperazine rings is 1. The predicted molar refractivity (Wildman–Crippen MR) is 71.7 cm³/mol. The zero-order valence-corrected chi connectivity index (χ0v) is 11.2. The molecule has 1 atom stereocenters. The van der Waals surface area contributed by atoms with Crippen molar-refractivity contribution in [3.8, 4) is 0 Å². The van der Waals surface area contributed by atoms with Crippen molar-refractivity contribution >= 4 is 17.3 Å². The minimum Gasteiger partial charge on any atom is -0.360 e. The van der Waals surface area contributed by atoms with Crippen LogP contribution in [0.5, 0.6) is 0 Å². The molecule has 2 rings (SSSR count). The Kier molecular flexibility index (Phi) is 4.03. The van der Waals surface area contributed by atoms with Gasteiger partial charge in [-0.2, -0.15) is 0 Å². The maximum absolute atomic E-state index is 5.42. The van der Waals surface area contributed by atoms with Gasteiger partial charge < -0.3 is 10.2 Å². The third-order valence-electron chi connectivity index (χ3n) is 3.72. The Hall–Kier alpha value is -0.350. The summed E-state index contributed by atoms with van der Waals surface area (Å²) in [6.07, 6.45) is 3.84. The third-order valence-corrected chi connectivity index (χ3v) is 4.10. The van der Waals surface area contributed by atoms with E-state index >= 15 is 0 Å². The zero-order chi connectivity index (χ0) is 11.5. The van der Waals surface area contributed by atoms with Crippen LogP contribution >= 0.6 is 12.2 Å². The van der Waals surface area contributed by atoms with Crippen molar-refractivity contribution in [3.63, 3.8) is 0 Å². The van der Waals surface area contributed by atoms with E-state index in [0.29, 0.717) is 12.1 Å². The summed E-state index contributed by atoms with van der Waals surface area (Å²) in [7, 11) is 0. The van der Waals surface area contributed by atoms with Crippen LogP contribution in [-0.2, 0) is 0 Å². The van der Waals surface area contributed by atoms with Crippen molar-refractivity contribution in [1.29, 1.82) is 0 Å². The molecule has 1 aliphatic heterocycles. The highest BCUT2D eigenvalue weighted by Gasteiger charge is 2.26. The Morgan fingerprint density at radius 3 is 2.44 bits per heavy atom. The molecule has 1 heterocycles. The Balaban J connectivity index is 1.73. The first-order valence-electron chi connectivity index (χ1n) is 6.50. The first-order valence-corrected chi connectivity index (χ1v) is 6.91. The van der Waals surface area contributed by atoms with Gasteiger partial charge in [0.2, 0.25) is 0 Å². The molecule has 16 heavy (non-hydrogen) atoms. The molecule has 0 aromatic rings. The van der Waals surface area contributed by atoms with Crippen LogP contribution in [0.15, 0.2) is 0 Å². The van der Waals surface area contributed by atoms with E-state index < -0.39 is 0 Å². The van der Waals surface area contributed by atoms with Gasteiger partial charge in [0.25, 0.3) is 0 Å². The van der Waals surface area contributed by atoms with Crippen LogP contribution in [0, 0.1) is 0 Å². The molecule has 2 aliphatic rings. The molecule has 0 radical (unpaired) electrons. The lowest BCUT2D eigenvalue weighted by Gasteiger charge is -2.39. The summed E-state index contributed by atoms with van der Waals surface area (Å²) < 4.78 is 0. The fraction of sp³-hybridized carbons (Fsp3) is 0.917. The largest absolute Gasteiger partial charge is 0.360 e. The highest BCUT2D eigenvalue weighted by molar-refractivity contribution is 7.80. The highest BCUT2D eigenvalue weighted by Crippen LogP contribution is 2.19. The minimum atomic E-state index is 0.681. The lowest BCUT2D eigenvalue weighted by molar-refractivity contribution is 0.137. The molecule has 4 heteroatoms. The van der Waals surface area contributed by atoms with Gasteiger partial charge in [-0.25, -0.2) is 0 Å². The molecule has 0 aromatic carbocycles. The van der Waals surface area contributed by atoms with Gasteiger partial charge in [-0.15, -0.1) is 0 Å². The highest BCUT2D eigenvalue weighted by atomic mass is 32.1. The molecule has 92 valence electrons.